The number of amides is 1. The van der Waals surface area contributed by atoms with Crippen molar-refractivity contribution in [3.8, 4) is 11.8 Å². The van der Waals surface area contributed by atoms with E-state index in [1.807, 2.05) is 44.0 Å². The number of nitrogens with zero attached hydrogens (tertiary/aromatic N) is 7. The van der Waals surface area contributed by atoms with E-state index in [2.05, 4.69) is 31.5 Å². The number of nitriles is 1. The Hall–Kier alpha value is -4.76. The van der Waals surface area contributed by atoms with E-state index in [0.29, 0.717) is 12.1 Å². The van der Waals surface area contributed by atoms with E-state index in [4.69, 9.17) is 4.52 Å². The van der Waals surface area contributed by atoms with Crippen molar-refractivity contribution in [2.45, 2.75) is 25.3 Å². The Labute approximate surface area is 218 Å². The number of likely N-dealkylation sites (N-methyl/N-ethyl adjacent to an activating group) is 1. The number of carbonyl (C=O) groups is 1. The number of nitrogens with one attached hydrogen (secondary N) is 1. The van der Waals surface area contributed by atoms with Crippen LogP contribution in [0.5, 0.6) is 5.75 Å². The zero-order valence-electron chi connectivity index (χ0n) is 21.5. The second-order valence-electron chi connectivity index (χ2n) is 9.20. The van der Waals surface area contributed by atoms with E-state index < -0.39 is 34.7 Å². The van der Waals surface area contributed by atoms with Gasteiger partial charge in [-0.05, 0) is 31.3 Å². The minimum atomic E-state index is -0.790. The highest BCUT2D eigenvalue weighted by molar-refractivity contribution is 6.04. The Balaban J connectivity index is 1.81. The number of aromatic hydroxyl groups is 1. The summed E-state index contributed by atoms with van der Waals surface area (Å²) in [5.74, 6) is -2.25. The highest BCUT2D eigenvalue weighted by Gasteiger charge is 2.31. The first-order valence-corrected chi connectivity index (χ1v) is 11.9. The van der Waals surface area contributed by atoms with Crippen molar-refractivity contribution in [3.63, 3.8) is 0 Å². The zero-order valence-corrected chi connectivity index (χ0v) is 21.5. The smallest absolute Gasteiger partial charge is 0.296 e. The van der Waals surface area contributed by atoms with Gasteiger partial charge in [0.2, 0.25) is 5.75 Å². The molecule has 0 bridgehead atoms. The van der Waals surface area contributed by atoms with Crippen LogP contribution in [0.2, 0.25) is 0 Å². The Morgan fingerprint density at radius 3 is 2.74 bits per heavy atom. The molecule has 0 aliphatic heterocycles. The third-order valence-electron chi connectivity index (χ3n) is 6.32. The molecule has 2 unspecified atom stereocenters. The molecule has 0 aliphatic rings. The van der Waals surface area contributed by atoms with E-state index in [0.717, 1.165) is 17.7 Å². The first kappa shape index (κ1) is 26.3. The number of anilines is 1. The van der Waals surface area contributed by atoms with E-state index in [9.17, 15) is 20.0 Å². The maximum atomic E-state index is 13.0. The summed E-state index contributed by atoms with van der Waals surface area (Å²) >= 11 is 0. The van der Waals surface area contributed by atoms with E-state index in [1.165, 1.54) is 24.1 Å². The zero-order chi connectivity index (χ0) is 27.4. The summed E-state index contributed by atoms with van der Waals surface area (Å²) in [6, 6.07) is 9.46. The highest BCUT2D eigenvalue weighted by Crippen LogP contribution is 2.39. The lowest BCUT2D eigenvalue weighted by molar-refractivity contribution is 0.101. The third kappa shape index (κ3) is 5.33. The molecule has 2 atom stereocenters. The molecule has 4 rings (SSSR count). The molecule has 38 heavy (non-hydrogen) atoms. The van der Waals surface area contributed by atoms with Gasteiger partial charge >= 0.3 is 0 Å². The fraction of sp³-hybridized carbons (Fsp3) is 0.308. The van der Waals surface area contributed by atoms with Crippen LogP contribution in [0.25, 0.3) is 0 Å². The standard InChI is InChI=1S/C26H28N8O4/c1-16(24-31-22(23(35)26(37)33(24)4)25(36)30-19-13-29-38-15-19)21(20-8-6-5-7-17(20)11-27)18-12-28-34(14-18)10-9-32(2)3/h5-8,12-16,21,35H,9-10H2,1-4H3,(H,30,36). The normalized spacial score (nSPS) is 12.7. The molecule has 0 saturated heterocycles. The topological polar surface area (TPSA) is 155 Å². The van der Waals surface area contributed by atoms with Gasteiger partial charge in [0, 0.05) is 31.6 Å². The van der Waals surface area contributed by atoms with Crippen LogP contribution < -0.4 is 10.9 Å². The van der Waals surface area contributed by atoms with Crippen LogP contribution in [-0.4, -0.2) is 61.0 Å². The number of aromatic nitrogens is 5. The minimum absolute atomic E-state index is 0.248. The minimum Gasteiger partial charge on any atom is -0.501 e. The van der Waals surface area contributed by atoms with Gasteiger partial charge in [-0.2, -0.15) is 10.4 Å². The van der Waals surface area contributed by atoms with Crippen LogP contribution in [0, 0.1) is 11.3 Å². The molecular weight excluding hydrogens is 488 g/mol. The summed E-state index contributed by atoms with van der Waals surface area (Å²) in [6.45, 7) is 3.31. The Morgan fingerprint density at radius 2 is 2.05 bits per heavy atom. The van der Waals surface area contributed by atoms with Gasteiger partial charge in [0.05, 0.1) is 30.6 Å². The summed E-state index contributed by atoms with van der Waals surface area (Å²) in [5, 5.41) is 30.9. The molecule has 3 aromatic heterocycles. The summed E-state index contributed by atoms with van der Waals surface area (Å²) in [4.78, 5) is 32.4. The summed E-state index contributed by atoms with van der Waals surface area (Å²) in [7, 11) is 5.44. The predicted molar refractivity (Wildman–Crippen MR) is 138 cm³/mol. The van der Waals surface area contributed by atoms with Gasteiger partial charge in [-0.25, -0.2) is 4.98 Å². The van der Waals surface area contributed by atoms with E-state index >= 15 is 0 Å². The maximum absolute atomic E-state index is 13.0. The molecule has 12 nitrogen and oxygen atoms in total. The fourth-order valence-corrected chi connectivity index (χ4v) is 4.35. The molecule has 0 spiro atoms. The summed E-state index contributed by atoms with van der Waals surface area (Å²) in [5.41, 5.74) is 1.07. The van der Waals surface area contributed by atoms with E-state index in [-0.39, 0.29) is 11.5 Å². The quantitative estimate of drug-likeness (QED) is 0.341. The first-order chi connectivity index (χ1) is 18.2. The number of benzene rings is 1. The SMILES string of the molecule is CC(c1nc(C(=O)Nc2cnoc2)c(O)c(=O)n1C)C(c1cnn(CCN(C)C)c1)c1ccccc1C#N. The van der Waals surface area contributed by atoms with Crippen LogP contribution in [0.15, 0.2) is 58.4 Å². The average Bonchev–Trinajstić information content (AvgIpc) is 3.59. The second-order valence-corrected chi connectivity index (χ2v) is 9.20. The Morgan fingerprint density at radius 1 is 1.29 bits per heavy atom. The van der Waals surface area contributed by atoms with Gasteiger partial charge in [-0.15, -0.1) is 0 Å². The average molecular weight is 517 g/mol. The van der Waals surface area contributed by atoms with Gasteiger partial charge in [-0.1, -0.05) is 30.3 Å². The molecule has 3 heterocycles. The number of rotatable bonds is 9. The molecule has 0 saturated carbocycles. The lowest BCUT2D eigenvalue weighted by atomic mass is 9.80. The number of hydrogen-bond donors (Lipinski definition) is 2. The van der Waals surface area contributed by atoms with Gasteiger partial charge in [0.25, 0.3) is 11.5 Å². The van der Waals surface area contributed by atoms with Crippen LogP contribution in [-0.2, 0) is 13.6 Å². The van der Waals surface area contributed by atoms with Crippen LogP contribution >= 0.6 is 0 Å². The summed E-state index contributed by atoms with van der Waals surface area (Å²) < 4.78 is 7.76. The molecule has 0 fully saturated rings. The molecular formula is C26H28N8O4. The summed E-state index contributed by atoms with van der Waals surface area (Å²) in [6.07, 6.45) is 6.14. The van der Waals surface area contributed by atoms with E-state index in [1.54, 1.807) is 18.3 Å². The van der Waals surface area contributed by atoms with Crippen molar-refractivity contribution in [1.82, 2.24) is 29.4 Å². The van der Waals surface area contributed by atoms with Crippen molar-refractivity contribution >= 4 is 11.6 Å². The van der Waals surface area contributed by atoms with Crippen molar-refractivity contribution in [2.75, 3.05) is 26.0 Å². The van der Waals surface area contributed by atoms with Crippen molar-refractivity contribution in [3.05, 3.63) is 87.7 Å². The molecule has 2 N–H and O–H groups in total. The molecule has 1 aromatic carbocycles. The van der Waals surface area contributed by atoms with Crippen LogP contribution in [0.4, 0.5) is 5.69 Å². The Kier molecular flexibility index (Phi) is 7.68. The van der Waals surface area contributed by atoms with Crippen LogP contribution in [0.3, 0.4) is 0 Å². The monoisotopic (exact) mass is 516 g/mol. The maximum Gasteiger partial charge on any atom is 0.296 e. The second kappa shape index (κ2) is 11.1. The lowest BCUT2D eigenvalue weighted by Gasteiger charge is -2.26. The molecule has 1 amide bonds. The highest BCUT2D eigenvalue weighted by atomic mass is 16.5. The largest absolute Gasteiger partial charge is 0.501 e. The van der Waals surface area contributed by atoms with Crippen molar-refractivity contribution in [2.24, 2.45) is 7.05 Å². The number of hydrogen-bond acceptors (Lipinski definition) is 9. The van der Waals surface area contributed by atoms with Gasteiger partial charge < -0.3 is 19.8 Å². The predicted octanol–water partition coefficient (Wildman–Crippen LogP) is 2.29. The van der Waals surface area contributed by atoms with Crippen LogP contribution in [0.1, 0.15) is 51.8 Å². The van der Waals surface area contributed by atoms with Crippen molar-refractivity contribution in [1.29, 1.82) is 5.26 Å². The lowest BCUT2D eigenvalue weighted by Crippen LogP contribution is -2.29. The van der Waals surface area contributed by atoms with Gasteiger partial charge in [0.1, 0.15) is 17.8 Å². The third-order valence-corrected chi connectivity index (χ3v) is 6.32. The molecule has 12 heteroatoms. The molecule has 0 radical (unpaired) electrons. The molecule has 4 aromatic rings. The molecule has 0 aliphatic carbocycles. The van der Waals surface area contributed by atoms with Crippen molar-refractivity contribution < 1.29 is 14.4 Å². The molecule has 196 valence electrons. The first-order valence-electron chi connectivity index (χ1n) is 11.9. The fourth-order valence-electron chi connectivity index (χ4n) is 4.35. The number of carbonyl (C=O) groups excluding carboxylic acids is 1. The van der Waals surface area contributed by atoms with Gasteiger partial charge in [-0.3, -0.25) is 18.8 Å². The Bertz CT molecular complexity index is 1530. The van der Waals surface area contributed by atoms with Gasteiger partial charge in [0.15, 0.2) is 5.69 Å².